The quantitative estimate of drug-likeness (QED) is 0.119. The van der Waals surface area contributed by atoms with Crippen LogP contribution in [-0.4, -0.2) is 4.40 Å². The molecule has 0 saturated carbocycles. The van der Waals surface area contributed by atoms with Gasteiger partial charge in [0.2, 0.25) is 5.52 Å². The number of para-hydroxylation sites is 1. The van der Waals surface area contributed by atoms with E-state index in [9.17, 15) is 13.2 Å². The Morgan fingerprint density at radius 2 is 1.53 bits per heavy atom. The van der Waals surface area contributed by atoms with Crippen molar-refractivity contribution in [3.63, 3.8) is 0 Å². The highest BCUT2D eigenvalue weighted by atomic mass is 19.4. The lowest BCUT2D eigenvalue weighted by Gasteiger charge is -2.19. The van der Waals surface area contributed by atoms with Gasteiger partial charge in [0.25, 0.3) is 0 Å². The summed E-state index contributed by atoms with van der Waals surface area (Å²) < 4.78 is 47.3. The van der Waals surface area contributed by atoms with Crippen molar-refractivity contribution < 1.29 is 17.7 Å². The summed E-state index contributed by atoms with van der Waals surface area (Å²) in [6.07, 6.45) is -1.47. The molecule has 0 radical (unpaired) electrons. The molecule has 0 amide bonds. The fraction of sp³-hybridized carbons (Fsp3) is 0.242. The molecule has 0 aliphatic rings. The molecule has 0 saturated heterocycles. The third kappa shape index (κ3) is 3.11. The van der Waals surface area contributed by atoms with E-state index in [1.165, 1.54) is 17.7 Å². The average Bonchev–Trinajstić information content (AvgIpc) is 3.18. The summed E-state index contributed by atoms with van der Waals surface area (Å²) in [5.74, 6) is 0. The van der Waals surface area contributed by atoms with Crippen molar-refractivity contribution in [1.82, 2.24) is 4.40 Å². The van der Waals surface area contributed by atoms with Gasteiger partial charge in [-0.15, -0.1) is 0 Å². The Hall–Kier alpha value is -3.86. The van der Waals surface area contributed by atoms with Gasteiger partial charge in [0.05, 0.1) is 32.9 Å². The van der Waals surface area contributed by atoms with Crippen LogP contribution < -0.4 is 4.57 Å². The van der Waals surface area contributed by atoms with E-state index in [1.54, 1.807) is 0 Å². The topological polar surface area (TPSA) is 8.29 Å². The zero-order chi connectivity index (χ0) is 26.7. The molecule has 0 aliphatic carbocycles. The van der Waals surface area contributed by atoms with E-state index in [4.69, 9.17) is 0 Å². The number of hydrogen-bond acceptors (Lipinski definition) is 0. The predicted molar refractivity (Wildman–Crippen MR) is 150 cm³/mol. The Morgan fingerprint density at radius 1 is 0.789 bits per heavy atom. The number of hydrogen-bond donors (Lipinski definition) is 0. The third-order valence-electron chi connectivity index (χ3n) is 8.01. The maximum absolute atomic E-state index is 14.4. The van der Waals surface area contributed by atoms with Crippen LogP contribution >= 0.6 is 0 Å². The van der Waals surface area contributed by atoms with Crippen LogP contribution in [0.25, 0.3) is 59.8 Å². The van der Waals surface area contributed by atoms with Crippen LogP contribution in [0.1, 0.15) is 37.5 Å². The van der Waals surface area contributed by atoms with Gasteiger partial charge < -0.3 is 4.40 Å². The van der Waals surface area contributed by atoms with E-state index >= 15 is 0 Å². The van der Waals surface area contributed by atoms with Crippen LogP contribution in [0.15, 0.2) is 66.9 Å². The molecule has 0 atom stereocenters. The molecule has 4 aromatic carbocycles. The van der Waals surface area contributed by atoms with Gasteiger partial charge in [0.1, 0.15) is 7.05 Å². The zero-order valence-corrected chi connectivity index (χ0v) is 22.1. The lowest BCUT2D eigenvalue weighted by atomic mass is 9.86. The molecule has 3 aromatic heterocycles. The highest BCUT2D eigenvalue weighted by Crippen LogP contribution is 2.45. The minimum atomic E-state index is -4.47. The first-order chi connectivity index (χ1) is 17.9. The van der Waals surface area contributed by atoms with Crippen LogP contribution in [0.4, 0.5) is 13.2 Å². The van der Waals surface area contributed by atoms with Gasteiger partial charge in [-0.05, 0) is 58.2 Å². The number of alkyl halides is 3. The molecule has 2 nitrogen and oxygen atoms in total. The van der Waals surface area contributed by atoms with E-state index in [0.29, 0.717) is 5.39 Å². The normalized spacial score (nSPS) is 13.4. The molecule has 0 aliphatic heterocycles. The first-order valence-corrected chi connectivity index (χ1v) is 13.0. The maximum atomic E-state index is 14.4. The molecule has 0 N–H and O–H groups in total. The van der Waals surface area contributed by atoms with Crippen molar-refractivity contribution >= 4 is 59.8 Å². The largest absolute Gasteiger partial charge is 0.418 e. The zero-order valence-electron chi connectivity index (χ0n) is 22.1. The summed E-state index contributed by atoms with van der Waals surface area (Å²) in [5, 5.41) is 6.66. The first-order valence-electron chi connectivity index (χ1n) is 13.0. The lowest BCUT2D eigenvalue weighted by Crippen LogP contribution is -2.29. The molecule has 0 spiro atoms. The molecule has 38 heavy (non-hydrogen) atoms. The Morgan fingerprint density at radius 3 is 2.26 bits per heavy atom. The molecule has 7 aromatic rings. The average molecular weight is 510 g/mol. The summed E-state index contributed by atoms with van der Waals surface area (Å²) in [6.45, 7) is 8.81. The second kappa shape index (κ2) is 7.37. The monoisotopic (exact) mass is 509 g/mol. The van der Waals surface area contributed by atoms with Gasteiger partial charge in [-0.1, -0.05) is 63.2 Å². The SMILES string of the molecule is Cc1c2cc(CC(C)(C)C)ccc2cc2c1c1c3c(ccc4c5cccc(C(F)(F)F)c5n2c43)cc[n+]1C. The van der Waals surface area contributed by atoms with Crippen LogP contribution in [0.3, 0.4) is 0 Å². The Balaban J connectivity index is 1.79. The fourth-order valence-corrected chi connectivity index (χ4v) is 6.57. The van der Waals surface area contributed by atoms with Gasteiger partial charge in [-0.3, -0.25) is 0 Å². The molecule has 0 unspecified atom stereocenters. The first kappa shape index (κ1) is 23.3. The minimum Gasteiger partial charge on any atom is -0.307 e. The third-order valence-corrected chi connectivity index (χ3v) is 8.01. The van der Waals surface area contributed by atoms with Gasteiger partial charge in [0, 0.05) is 16.8 Å². The van der Waals surface area contributed by atoms with Crippen molar-refractivity contribution in [1.29, 1.82) is 0 Å². The fourth-order valence-electron chi connectivity index (χ4n) is 6.57. The number of halogens is 3. The minimum absolute atomic E-state index is 0.149. The summed E-state index contributed by atoms with van der Waals surface area (Å²) >= 11 is 0. The van der Waals surface area contributed by atoms with Crippen LogP contribution in [0.2, 0.25) is 0 Å². The number of pyridine rings is 2. The van der Waals surface area contributed by atoms with E-state index in [2.05, 4.69) is 56.5 Å². The van der Waals surface area contributed by atoms with Crippen molar-refractivity contribution in [2.75, 3.05) is 0 Å². The van der Waals surface area contributed by atoms with E-state index in [0.717, 1.165) is 60.9 Å². The van der Waals surface area contributed by atoms with E-state index in [-0.39, 0.29) is 10.9 Å². The van der Waals surface area contributed by atoms with Gasteiger partial charge in [0.15, 0.2) is 6.20 Å². The van der Waals surface area contributed by atoms with E-state index < -0.39 is 11.7 Å². The molecule has 0 fully saturated rings. The number of fused-ring (bicyclic) bond motifs is 7. The smallest absolute Gasteiger partial charge is 0.307 e. The summed E-state index contributed by atoms with van der Waals surface area (Å²) in [7, 11) is 2.02. The number of rotatable bonds is 1. The molecule has 190 valence electrons. The Kier molecular flexibility index (Phi) is 4.52. The van der Waals surface area contributed by atoms with Gasteiger partial charge in [-0.2, -0.15) is 13.2 Å². The summed E-state index contributed by atoms with van der Waals surface area (Å²) in [4.78, 5) is 0. The van der Waals surface area contributed by atoms with Gasteiger partial charge in [-0.25, -0.2) is 4.57 Å². The number of aromatic nitrogens is 2. The standard InChI is InChI=1S/C33H28F3N2/c1-18-24-15-19(17-32(2,3)4)9-10-21(24)16-26-27(18)31-28-20(13-14-37(31)5)11-12-23-22-7-6-8-25(33(34,35)36)29(22)38(26)30(23)28/h6-16H,17H2,1-5H3/q+1. The summed E-state index contributed by atoms with van der Waals surface area (Å²) in [5.41, 5.74) is 4.82. The van der Waals surface area contributed by atoms with Crippen molar-refractivity contribution in [3.05, 3.63) is 83.6 Å². The van der Waals surface area contributed by atoms with Gasteiger partial charge >= 0.3 is 6.18 Å². The molecule has 7 rings (SSSR count). The Labute approximate surface area is 218 Å². The molecule has 5 heteroatoms. The summed E-state index contributed by atoms with van der Waals surface area (Å²) in [6, 6.07) is 19.2. The molecular formula is C33H28F3N2+. The van der Waals surface area contributed by atoms with E-state index in [1.807, 2.05) is 41.9 Å². The maximum Gasteiger partial charge on any atom is 0.418 e. The lowest BCUT2D eigenvalue weighted by molar-refractivity contribution is -0.643. The Bertz CT molecular complexity index is 2090. The second-order valence-corrected chi connectivity index (χ2v) is 11.9. The highest BCUT2D eigenvalue weighted by molar-refractivity contribution is 6.28. The van der Waals surface area contributed by atoms with Crippen molar-refractivity contribution in [3.8, 4) is 0 Å². The molecular weight excluding hydrogens is 481 g/mol. The van der Waals surface area contributed by atoms with Crippen molar-refractivity contribution in [2.45, 2.75) is 40.3 Å². The number of nitrogens with zero attached hydrogens (tertiary/aromatic N) is 2. The van der Waals surface area contributed by atoms with Crippen LogP contribution in [0.5, 0.6) is 0 Å². The molecule has 0 bridgehead atoms. The van der Waals surface area contributed by atoms with Crippen molar-refractivity contribution in [2.24, 2.45) is 12.5 Å². The molecule has 3 heterocycles. The predicted octanol–water partition coefficient (Wildman–Crippen LogP) is 8.88. The highest BCUT2D eigenvalue weighted by Gasteiger charge is 2.35. The number of aryl methyl sites for hydroxylation is 2. The number of benzene rings is 4. The van der Waals surface area contributed by atoms with Crippen LogP contribution in [0, 0.1) is 12.3 Å². The second-order valence-electron chi connectivity index (χ2n) is 11.9. The van der Waals surface area contributed by atoms with Crippen LogP contribution in [-0.2, 0) is 19.6 Å².